The number of aldehydes is 1. The van der Waals surface area contributed by atoms with Crippen LogP contribution in [0.2, 0.25) is 0 Å². The van der Waals surface area contributed by atoms with Crippen LogP contribution in [0.4, 0.5) is 0 Å². The van der Waals surface area contributed by atoms with E-state index < -0.39 is 11.9 Å². The lowest BCUT2D eigenvalue weighted by atomic mass is 9.92. The summed E-state index contributed by atoms with van der Waals surface area (Å²) < 4.78 is 5.13. The maximum atomic E-state index is 11.3. The van der Waals surface area contributed by atoms with Crippen molar-refractivity contribution in [1.29, 1.82) is 0 Å². The largest absolute Gasteiger partial charge is 0.497 e. The second kappa shape index (κ2) is 5.10. The van der Waals surface area contributed by atoms with Crippen LogP contribution in [0.1, 0.15) is 28.8 Å². The van der Waals surface area contributed by atoms with Crippen molar-refractivity contribution in [3.63, 3.8) is 0 Å². The summed E-state index contributed by atoms with van der Waals surface area (Å²) in [6, 6.07) is 8.84. The Balaban J connectivity index is 2.69. The molecule has 19 heavy (non-hydrogen) atoms. The Kier molecular flexibility index (Phi) is 3.51. The molecule has 0 amide bonds. The number of carbonyl (C=O) groups is 2. The fourth-order valence-electron chi connectivity index (χ4n) is 2.12. The topological polar surface area (TPSA) is 63.6 Å². The van der Waals surface area contributed by atoms with E-state index in [0.29, 0.717) is 23.2 Å². The number of hydrogen-bond donors (Lipinski definition) is 1. The summed E-state index contributed by atoms with van der Waals surface area (Å²) in [5.41, 5.74) is 0.954. The normalized spacial score (nSPS) is 12.1. The zero-order valence-electron chi connectivity index (χ0n) is 10.7. The highest BCUT2D eigenvalue weighted by Crippen LogP contribution is 2.29. The van der Waals surface area contributed by atoms with Crippen LogP contribution in [0.3, 0.4) is 0 Å². The number of rotatable bonds is 4. The lowest BCUT2D eigenvalue weighted by Crippen LogP contribution is -2.10. The molecule has 0 aliphatic carbocycles. The van der Waals surface area contributed by atoms with E-state index in [1.54, 1.807) is 38.3 Å². The molecule has 0 aliphatic heterocycles. The first-order valence-electron chi connectivity index (χ1n) is 5.87. The summed E-state index contributed by atoms with van der Waals surface area (Å²) in [5, 5.41) is 10.7. The number of methoxy groups -OCH3 is 1. The van der Waals surface area contributed by atoms with Gasteiger partial charge in [-0.1, -0.05) is 12.1 Å². The van der Waals surface area contributed by atoms with Crippen molar-refractivity contribution in [1.82, 2.24) is 0 Å². The lowest BCUT2D eigenvalue weighted by Gasteiger charge is -2.12. The number of ether oxygens (including phenoxy) is 1. The molecule has 0 saturated heterocycles. The van der Waals surface area contributed by atoms with E-state index in [0.717, 1.165) is 10.8 Å². The van der Waals surface area contributed by atoms with E-state index in [2.05, 4.69) is 0 Å². The van der Waals surface area contributed by atoms with Gasteiger partial charge in [0.1, 0.15) is 5.75 Å². The van der Waals surface area contributed by atoms with E-state index in [1.165, 1.54) is 0 Å². The van der Waals surface area contributed by atoms with Gasteiger partial charge in [-0.15, -0.1) is 0 Å². The van der Waals surface area contributed by atoms with Crippen molar-refractivity contribution < 1.29 is 19.4 Å². The molecule has 1 N–H and O–H groups in total. The molecular formula is C15H14O4. The number of carbonyl (C=O) groups excluding carboxylic acids is 1. The van der Waals surface area contributed by atoms with Gasteiger partial charge in [0.2, 0.25) is 0 Å². The number of benzene rings is 2. The van der Waals surface area contributed by atoms with Gasteiger partial charge in [0.25, 0.3) is 0 Å². The third kappa shape index (κ3) is 2.29. The molecule has 1 atom stereocenters. The molecule has 4 heteroatoms. The molecule has 0 saturated carbocycles. The van der Waals surface area contributed by atoms with Crippen LogP contribution in [0.15, 0.2) is 30.3 Å². The van der Waals surface area contributed by atoms with Crippen LogP contribution in [0, 0.1) is 0 Å². The fraction of sp³-hybridized carbons (Fsp3) is 0.200. The van der Waals surface area contributed by atoms with E-state index >= 15 is 0 Å². The highest BCUT2D eigenvalue weighted by Gasteiger charge is 2.18. The van der Waals surface area contributed by atoms with Crippen molar-refractivity contribution >= 4 is 23.0 Å². The molecule has 2 rings (SSSR count). The third-order valence-corrected chi connectivity index (χ3v) is 3.26. The predicted octanol–water partition coefficient (Wildman–Crippen LogP) is 2.85. The van der Waals surface area contributed by atoms with Crippen LogP contribution >= 0.6 is 0 Å². The maximum absolute atomic E-state index is 11.3. The van der Waals surface area contributed by atoms with Gasteiger partial charge in [0.05, 0.1) is 13.0 Å². The number of fused-ring (bicyclic) bond motifs is 1. The van der Waals surface area contributed by atoms with E-state index in [4.69, 9.17) is 9.84 Å². The van der Waals surface area contributed by atoms with Crippen molar-refractivity contribution in [3.8, 4) is 5.75 Å². The Hall–Kier alpha value is -2.36. The first kappa shape index (κ1) is 13.1. The molecule has 0 fully saturated rings. The summed E-state index contributed by atoms with van der Waals surface area (Å²) in [6.45, 7) is 1.57. The molecule has 98 valence electrons. The maximum Gasteiger partial charge on any atom is 0.310 e. The van der Waals surface area contributed by atoms with Crippen LogP contribution in [-0.4, -0.2) is 24.5 Å². The van der Waals surface area contributed by atoms with Gasteiger partial charge in [0.15, 0.2) is 6.29 Å². The van der Waals surface area contributed by atoms with Crippen molar-refractivity contribution in [2.45, 2.75) is 12.8 Å². The lowest BCUT2D eigenvalue weighted by molar-refractivity contribution is -0.138. The van der Waals surface area contributed by atoms with Crippen molar-refractivity contribution in [2.75, 3.05) is 7.11 Å². The minimum atomic E-state index is -0.948. The van der Waals surface area contributed by atoms with Crippen LogP contribution in [0.5, 0.6) is 5.75 Å². The second-order valence-electron chi connectivity index (χ2n) is 4.33. The van der Waals surface area contributed by atoms with Crippen molar-refractivity contribution in [3.05, 3.63) is 41.5 Å². The van der Waals surface area contributed by atoms with Gasteiger partial charge in [-0.25, -0.2) is 0 Å². The quantitative estimate of drug-likeness (QED) is 0.856. The first-order chi connectivity index (χ1) is 9.08. The van der Waals surface area contributed by atoms with E-state index in [-0.39, 0.29) is 0 Å². The van der Waals surface area contributed by atoms with Gasteiger partial charge >= 0.3 is 5.97 Å². The molecule has 0 bridgehead atoms. The SMILES string of the molecule is COc1ccc2c(C=O)c([C@H](C)C(=O)O)ccc2c1. The Morgan fingerprint density at radius 3 is 2.63 bits per heavy atom. The summed E-state index contributed by atoms with van der Waals surface area (Å²) in [5.74, 6) is -0.967. The van der Waals surface area contributed by atoms with Crippen LogP contribution < -0.4 is 4.74 Å². The second-order valence-corrected chi connectivity index (χ2v) is 4.33. The highest BCUT2D eigenvalue weighted by molar-refractivity contribution is 6.01. The Bertz CT molecular complexity index is 646. The monoisotopic (exact) mass is 258 g/mol. The van der Waals surface area contributed by atoms with E-state index in [1.807, 2.05) is 6.07 Å². The zero-order valence-corrected chi connectivity index (χ0v) is 10.7. The molecule has 4 nitrogen and oxygen atoms in total. The summed E-state index contributed by atoms with van der Waals surface area (Å²) in [6.07, 6.45) is 0.712. The third-order valence-electron chi connectivity index (χ3n) is 3.26. The van der Waals surface area contributed by atoms with Crippen LogP contribution in [0.25, 0.3) is 10.8 Å². The molecule has 0 aromatic heterocycles. The number of carboxylic acid groups (broad SMARTS) is 1. The van der Waals surface area contributed by atoms with Crippen molar-refractivity contribution in [2.24, 2.45) is 0 Å². The molecule has 2 aromatic rings. The molecular weight excluding hydrogens is 244 g/mol. The molecule has 0 radical (unpaired) electrons. The smallest absolute Gasteiger partial charge is 0.310 e. The number of aliphatic carboxylic acids is 1. The average Bonchev–Trinajstić information content (AvgIpc) is 2.44. The first-order valence-corrected chi connectivity index (χ1v) is 5.87. The standard InChI is InChI=1S/C15H14O4/c1-9(15(17)18)12-5-3-10-7-11(19-2)4-6-13(10)14(12)8-16/h3-9H,1-2H3,(H,17,18)/t9-/m0/s1. The molecule has 0 spiro atoms. The molecule has 2 aromatic carbocycles. The highest BCUT2D eigenvalue weighted by atomic mass is 16.5. The molecule has 0 unspecified atom stereocenters. The van der Waals surface area contributed by atoms with Gasteiger partial charge in [-0.3, -0.25) is 9.59 Å². The van der Waals surface area contributed by atoms with Gasteiger partial charge in [-0.2, -0.15) is 0 Å². The minimum Gasteiger partial charge on any atom is -0.497 e. The van der Waals surface area contributed by atoms with E-state index in [9.17, 15) is 9.59 Å². The summed E-state index contributed by atoms with van der Waals surface area (Å²) in [7, 11) is 1.57. The van der Waals surface area contributed by atoms with Gasteiger partial charge < -0.3 is 9.84 Å². The Labute approximate surface area is 110 Å². The number of carboxylic acids is 1. The molecule has 0 aliphatic rings. The summed E-state index contributed by atoms with van der Waals surface area (Å²) >= 11 is 0. The van der Waals surface area contributed by atoms with Crippen LogP contribution in [-0.2, 0) is 4.79 Å². The van der Waals surface area contributed by atoms with Gasteiger partial charge in [-0.05, 0) is 41.5 Å². The minimum absolute atomic E-state index is 0.426. The number of hydrogen-bond acceptors (Lipinski definition) is 3. The summed E-state index contributed by atoms with van der Waals surface area (Å²) in [4.78, 5) is 22.4. The fourth-order valence-corrected chi connectivity index (χ4v) is 2.12. The zero-order chi connectivity index (χ0) is 14.0. The Morgan fingerprint density at radius 2 is 2.05 bits per heavy atom. The Morgan fingerprint density at radius 1 is 1.32 bits per heavy atom. The predicted molar refractivity (Wildman–Crippen MR) is 71.9 cm³/mol. The average molecular weight is 258 g/mol. The van der Waals surface area contributed by atoms with Gasteiger partial charge in [0, 0.05) is 5.56 Å². The molecule has 0 heterocycles.